The monoisotopic (exact) mass is 257 g/mol. The number of anilines is 1. The maximum absolute atomic E-state index is 4.55. The van der Waals surface area contributed by atoms with E-state index in [0.717, 1.165) is 24.5 Å². The Labute approximate surface area is 113 Å². The molecule has 0 saturated heterocycles. The zero-order chi connectivity index (χ0) is 13.7. The Morgan fingerprint density at radius 2 is 1.84 bits per heavy atom. The first-order valence-corrected chi connectivity index (χ1v) is 6.58. The highest BCUT2D eigenvalue weighted by atomic mass is 15.1. The number of hydrogen-bond donors (Lipinski definition) is 1. The van der Waals surface area contributed by atoms with E-state index >= 15 is 0 Å². The SMILES string of the molecule is CCNc1cc(CC(C)C)nc(-c2ncccn2)n1. The van der Waals surface area contributed by atoms with E-state index in [2.05, 4.69) is 39.1 Å². The molecule has 5 nitrogen and oxygen atoms in total. The summed E-state index contributed by atoms with van der Waals surface area (Å²) < 4.78 is 0. The largest absolute Gasteiger partial charge is 0.370 e. The number of nitrogens with one attached hydrogen (secondary N) is 1. The Balaban J connectivity index is 2.39. The Hall–Kier alpha value is -2.04. The normalized spacial score (nSPS) is 10.7. The fourth-order valence-corrected chi connectivity index (χ4v) is 1.81. The van der Waals surface area contributed by atoms with Crippen molar-refractivity contribution in [1.29, 1.82) is 0 Å². The van der Waals surface area contributed by atoms with Crippen LogP contribution in [-0.2, 0) is 6.42 Å². The molecule has 0 unspecified atom stereocenters. The van der Waals surface area contributed by atoms with Gasteiger partial charge >= 0.3 is 0 Å². The van der Waals surface area contributed by atoms with Gasteiger partial charge in [0.1, 0.15) is 5.82 Å². The average molecular weight is 257 g/mol. The Morgan fingerprint density at radius 3 is 2.47 bits per heavy atom. The molecule has 19 heavy (non-hydrogen) atoms. The van der Waals surface area contributed by atoms with Gasteiger partial charge in [0.05, 0.1) is 0 Å². The van der Waals surface area contributed by atoms with E-state index in [1.54, 1.807) is 18.5 Å². The lowest BCUT2D eigenvalue weighted by atomic mass is 10.1. The molecule has 0 aliphatic rings. The molecule has 0 fully saturated rings. The predicted molar refractivity (Wildman–Crippen MR) is 75.8 cm³/mol. The summed E-state index contributed by atoms with van der Waals surface area (Å²) in [5.74, 6) is 2.52. The third-order valence-corrected chi connectivity index (χ3v) is 2.52. The van der Waals surface area contributed by atoms with E-state index in [1.807, 2.05) is 13.0 Å². The lowest BCUT2D eigenvalue weighted by molar-refractivity contribution is 0.634. The van der Waals surface area contributed by atoms with Gasteiger partial charge in [-0.3, -0.25) is 0 Å². The van der Waals surface area contributed by atoms with Gasteiger partial charge in [0.15, 0.2) is 11.6 Å². The summed E-state index contributed by atoms with van der Waals surface area (Å²) in [6, 6.07) is 3.78. The van der Waals surface area contributed by atoms with E-state index < -0.39 is 0 Å². The summed E-state index contributed by atoms with van der Waals surface area (Å²) in [6.07, 6.45) is 4.32. The lowest BCUT2D eigenvalue weighted by Crippen LogP contribution is -2.07. The molecule has 2 aromatic rings. The molecule has 2 aromatic heterocycles. The van der Waals surface area contributed by atoms with Gasteiger partial charge in [0.25, 0.3) is 0 Å². The first-order chi connectivity index (χ1) is 9.19. The number of aromatic nitrogens is 4. The second kappa shape index (κ2) is 6.22. The first-order valence-electron chi connectivity index (χ1n) is 6.58. The topological polar surface area (TPSA) is 63.6 Å². The molecule has 2 heterocycles. The van der Waals surface area contributed by atoms with Gasteiger partial charge in [0.2, 0.25) is 0 Å². The lowest BCUT2D eigenvalue weighted by Gasteiger charge is -2.09. The number of hydrogen-bond acceptors (Lipinski definition) is 5. The van der Waals surface area contributed by atoms with Gasteiger partial charge in [-0.25, -0.2) is 19.9 Å². The van der Waals surface area contributed by atoms with Crippen molar-refractivity contribution in [1.82, 2.24) is 19.9 Å². The minimum Gasteiger partial charge on any atom is -0.370 e. The van der Waals surface area contributed by atoms with Gasteiger partial charge in [-0.15, -0.1) is 0 Å². The van der Waals surface area contributed by atoms with Crippen molar-refractivity contribution >= 4 is 5.82 Å². The van der Waals surface area contributed by atoms with Crippen molar-refractivity contribution in [3.63, 3.8) is 0 Å². The molecule has 0 amide bonds. The molecule has 0 radical (unpaired) electrons. The highest BCUT2D eigenvalue weighted by Gasteiger charge is 2.09. The smallest absolute Gasteiger partial charge is 0.199 e. The van der Waals surface area contributed by atoms with Gasteiger partial charge in [0, 0.05) is 30.7 Å². The van der Waals surface area contributed by atoms with Crippen LogP contribution in [0.15, 0.2) is 24.5 Å². The van der Waals surface area contributed by atoms with Crippen LogP contribution in [0.1, 0.15) is 26.5 Å². The van der Waals surface area contributed by atoms with E-state index in [4.69, 9.17) is 0 Å². The molecule has 1 N–H and O–H groups in total. The Morgan fingerprint density at radius 1 is 1.11 bits per heavy atom. The Bertz CT molecular complexity index is 525. The molecule has 100 valence electrons. The standard InChI is InChI=1S/C14H19N5/c1-4-15-12-9-11(8-10(2)3)18-14(19-12)13-16-6-5-7-17-13/h5-7,9-10H,4,8H2,1-3H3,(H,15,18,19). The molecule has 0 bridgehead atoms. The molecule has 5 heteroatoms. The molecular formula is C14H19N5. The van der Waals surface area contributed by atoms with Crippen LogP contribution in [0.2, 0.25) is 0 Å². The van der Waals surface area contributed by atoms with Crippen LogP contribution in [0, 0.1) is 5.92 Å². The van der Waals surface area contributed by atoms with Gasteiger partial charge in [-0.1, -0.05) is 13.8 Å². The van der Waals surface area contributed by atoms with Crippen molar-refractivity contribution in [2.24, 2.45) is 5.92 Å². The maximum Gasteiger partial charge on any atom is 0.199 e. The van der Waals surface area contributed by atoms with Crippen molar-refractivity contribution in [2.75, 3.05) is 11.9 Å². The first kappa shape index (κ1) is 13.4. The average Bonchev–Trinajstić information content (AvgIpc) is 2.39. The Kier molecular flexibility index (Phi) is 4.39. The molecule has 0 saturated carbocycles. The van der Waals surface area contributed by atoms with E-state index in [1.165, 1.54) is 0 Å². The van der Waals surface area contributed by atoms with Crippen LogP contribution < -0.4 is 5.32 Å². The van der Waals surface area contributed by atoms with E-state index in [-0.39, 0.29) is 0 Å². The minimum absolute atomic E-state index is 0.550. The van der Waals surface area contributed by atoms with Gasteiger partial charge in [-0.2, -0.15) is 0 Å². The number of nitrogens with zero attached hydrogens (tertiary/aromatic N) is 4. The quantitative estimate of drug-likeness (QED) is 0.891. The summed E-state index contributed by atoms with van der Waals surface area (Å²) in [4.78, 5) is 17.4. The van der Waals surface area contributed by atoms with Crippen molar-refractivity contribution in [2.45, 2.75) is 27.2 Å². The molecular weight excluding hydrogens is 238 g/mol. The maximum atomic E-state index is 4.55. The predicted octanol–water partition coefficient (Wildman–Crippen LogP) is 2.56. The van der Waals surface area contributed by atoms with Crippen molar-refractivity contribution in [3.8, 4) is 11.6 Å². The highest BCUT2D eigenvalue weighted by Crippen LogP contribution is 2.16. The molecule has 0 atom stereocenters. The van der Waals surface area contributed by atoms with E-state index in [9.17, 15) is 0 Å². The summed E-state index contributed by atoms with van der Waals surface area (Å²) in [6.45, 7) is 7.22. The zero-order valence-electron chi connectivity index (χ0n) is 11.6. The van der Waals surface area contributed by atoms with E-state index in [0.29, 0.717) is 17.6 Å². The van der Waals surface area contributed by atoms with Crippen LogP contribution in [0.4, 0.5) is 5.82 Å². The second-order valence-corrected chi connectivity index (χ2v) is 4.77. The van der Waals surface area contributed by atoms with Gasteiger partial charge < -0.3 is 5.32 Å². The molecule has 0 spiro atoms. The van der Waals surface area contributed by atoms with Crippen LogP contribution >= 0.6 is 0 Å². The third kappa shape index (κ3) is 3.71. The summed E-state index contributed by atoms with van der Waals surface area (Å²) in [7, 11) is 0. The van der Waals surface area contributed by atoms with Crippen molar-refractivity contribution < 1.29 is 0 Å². The summed E-state index contributed by atoms with van der Waals surface area (Å²) in [5, 5.41) is 3.22. The summed E-state index contributed by atoms with van der Waals surface area (Å²) in [5.41, 5.74) is 1.02. The van der Waals surface area contributed by atoms with Gasteiger partial charge in [-0.05, 0) is 25.3 Å². The number of rotatable bonds is 5. The minimum atomic E-state index is 0.550. The van der Waals surface area contributed by atoms with Crippen LogP contribution in [0.3, 0.4) is 0 Å². The molecule has 0 aromatic carbocycles. The molecule has 2 rings (SSSR count). The summed E-state index contributed by atoms with van der Waals surface area (Å²) >= 11 is 0. The fourth-order valence-electron chi connectivity index (χ4n) is 1.81. The molecule has 0 aliphatic carbocycles. The van der Waals surface area contributed by atoms with Crippen LogP contribution in [0.5, 0.6) is 0 Å². The second-order valence-electron chi connectivity index (χ2n) is 4.77. The van der Waals surface area contributed by atoms with Crippen molar-refractivity contribution in [3.05, 3.63) is 30.2 Å². The van der Waals surface area contributed by atoms with Crippen LogP contribution in [0.25, 0.3) is 11.6 Å². The third-order valence-electron chi connectivity index (χ3n) is 2.52. The zero-order valence-corrected chi connectivity index (χ0v) is 11.6. The van der Waals surface area contributed by atoms with Crippen LogP contribution in [-0.4, -0.2) is 26.5 Å². The highest BCUT2D eigenvalue weighted by molar-refractivity contribution is 5.49. The molecule has 0 aliphatic heterocycles. The fraction of sp³-hybridized carbons (Fsp3) is 0.429.